The van der Waals surface area contributed by atoms with Gasteiger partial charge >= 0.3 is 5.97 Å². The Kier molecular flexibility index (Phi) is 1.72. The van der Waals surface area contributed by atoms with Crippen molar-refractivity contribution in [3.8, 4) is 6.07 Å². The van der Waals surface area contributed by atoms with Gasteiger partial charge in [0.1, 0.15) is 6.07 Å². The van der Waals surface area contributed by atoms with Crippen LogP contribution < -0.4 is 0 Å². The fourth-order valence-electron chi connectivity index (χ4n) is 1.45. The SMILES string of the molecule is N#Cc1c[nH]c2cccc(C(=O)O)c12. The number of rotatable bonds is 1. The molecule has 68 valence electrons. The third kappa shape index (κ3) is 1.04. The number of hydrogen-bond donors (Lipinski definition) is 2. The monoisotopic (exact) mass is 186 g/mol. The van der Waals surface area contributed by atoms with E-state index in [2.05, 4.69) is 4.98 Å². The number of aromatic nitrogens is 1. The van der Waals surface area contributed by atoms with Crippen LogP contribution in [0.15, 0.2) is 24.4 Å². The summed E-state index contributed by atoms with van der Waals surface area (Å²) < 4.78 is 0. The van der Waals surface area contributed by atoms with Crippen LogP contribution in [0.3, 0.4) is 0 Å². The summed E-state index contributed by atoms with van der Waals surface area (Å²) in [6.07, 6.45) is 1.51. The molecule has 0 saturated carbocycles. The van der Waals surface area contributed by atoms with E-state index in [4.69, 9.17) is 10.4 Å². The minimum atomic E-state index is -1.02. The van der Waals surface area contributed by atoms with Gasteiger partial charge in [0.05, 0.1) is 11.1 Å². The molecule has 0 fully saturated rings. The Balaban J connectivity index is 2.90. The highest BCUT2D eigenvalue weighted by molar-refractivity contribution is 6.05. The second-order valence-corrected chi connectivity index (χ2v) is 2.85. The van der Waals surface area contributed by atoms with Crippen molar-refractivity contribution < 1.29 is 9.90 Å². The van der Waals surface area contributed by atoms with Gasteiger partial charge in [-0.05, 0) is 12.1 Å². The molecule has 0 aliphatic carbocycles. The lowest BCUT2D eigenvalue weighted by molar-refractivity contribution is 0.0699. The fourth-order valence-corrected chi connectivity index (χ4v) is 1.45. The Hall–Kier alpha value is -2.28. The lowest BCUT2D eigenvalue weighted by atomic mass is 10.1. The summed E-state index contributed by atoms with van der Waals surface area (Å²) in [4.78, 5) is 13.7. The van der Waals surface area contributed by atoms with Crippen LogP contribution in [-0.2, 0) is 0 Å². The minimum absolute atomic E-state index is 0.153. The third-order valence-corrected chi connectivity index (χ3v) is 2.06. The number of carbonyl (C=O) groups is 1. The summed E-state index contributed by atoms with van der Waals surface area (Å²) in [6, 6.07) is 6.82. The normalized spacial score (nSPS) is 9.93. The predicted octanol–water partition coefficient (Wildman–Crippen LogP) is 1.74. The minimum Gasteiger partial charge on any atom is -0.478 e. The first-order valence-electron chi connectivity index (χ1n) is 3.97. The molecule has 0 saturated heterocycles. The predicted molar refractivity (Wildman–Crippen MR) is 50.0 cm³/mol. The van der Waals surface area contributed by atoms with Crippen LogP contribution in [0, 0.1) is 11.3 Å². The van der Waals surface area contributed by atoms with Crippen LogP contribution in [0.5, 0.6) is 0 Å². The van der Waals surface area contributed by atoms with Crippen LogP contribution in [0.2, 0.25) is 0 Å². The quantitative estimate of drug-likeness (QED) is 0.712. The van der Waals surface area contributed by atoms with Gasteiger partial charge in [-0.15, -0.1) is 0 Å². The van der Waals surface area contributed by atoms with Crippen molar-refractivity contribution in [2.75, 3.05) is 0 Å². The Morgan fingerprint density at radius 3 is 2.93 bits per heavy atom. The molecule has 0 spiro atoms. The van der Waals surface area contributed by atoms with Crippen molar-refractivity contribution in [2.45, 2.75) is 0 Å². The van der Waals surface area contributed by atoms with E-state index in [1.807, 2.05) is 6.07 Å². The topological polar surface area (TPSA) is 76.9 Å². The number of fused-ring (bicyclic) bond motifs is 1. The second kappa shape index (κ2) is 2.89. The molecule has 0 bridgehead atoms. The van der Waals surface area contributed by atoms with E-state index in [9.17, 15) is 4.79 Å². The molecular weight excluding hydrogens is 180 g/mol. The number of benzene rings is 1. The molecular formula is C10H6N2O2. The number of nitrogens with zero attached hydrogens (tertiary/aromatic N) is 1. The lowest BCUT2D eigenvalue weighted by Crippen LogP contribution is -1.96. The molecule has 0 unspecified atom stereocenters. The molecule has 0 aliphatic rings. The molecule has 14 heavy (non-hydrogen) atoms. The lowest BCUT2D eigenvalue weighted by Gasteiger charge is -1.96. The van der Waals surface area contributed by atoms with Crippen LogP contribution in [-0.4, -0.2) is 16.1 Å². The van der Waals surface area contributed by atoms with E-state index in [-0.39, 0.29) is 5.56 Å². The maximum atomic E-state index is 10.9. The third-order valence-electron chi connectivity index (χ3n) is 2.06. The first-order valence-corrected chi connectivity index (χ1v) is 3.97. The average molecular weight is 186 g/mol. The number of aromatic carboxylic acids is 1. The van der Waals surface area contributed by atoms with Crippen molar-refractivity contribution in [1.82, 2.24) is 4.98 Å². The van der Waals surface area contributed by atoms with Crippen molar-refractivity contribution >= 4 is 16.9 Å². The molecule has 2 rings (SSSR count). The molecule has 1 aromatic carbocycles. The smallest absolute Gasteiger partial charge is 0.336 e. The molecule has 4 nitrogen and oxygen atoms in total. The van der Waals surface area contributed by atoms with E-state index in [0.717, 1.165) is 0 Å². The number of carboxylic acid groups (broad SMARTS) is 1. The Bertz CT molecular complexity index is 549. The van der Waals surface area contributed by atoms with Gasteiger partial charge in [-0.25, -0.2) is 4.79 Å². The number of hydrogen-bond acceptors (Lipinski definition) is 2. The summed E-state index contributed by atoms with van der Waals surface area (Å²) in [5.74, 6) is -1.02. The number of carboxylic acids is 1. The summed E-state index contributed by atoms with van der Waals surface area (Å²) in [6.45, 7) is 0. The molecule has 2 aromatic rings. The largest absolute Gasteiger partial charge is 0.478 e. The zero-order valence-electron chi connectivity index (χ0n) is 7.11. The second-order valence-electron chi connectivity index (χ2n) is 2.85. The molecule has 2 N–H and O–H groups in total. The average Bonchev–Trinajstić information content (AvgIpc) is 2.59. The van der Waals surface area contributed by atoms with Gasteiger partial charge in [-0.3, -0.25) is 0 Å². The number of H-pyrrole nitrogens is 1. The number of nitrogens with one attached hydrogen (secondary N) is 1. The highest BCUT2D eigenvalue weighted by Gasteiger charge is 2.12. The van der Waals surface area contributed by atoms with Gasteiger partial charge < -0.3 is 10.1 Å². The molecule has 0 amide bonds. The van der Waals surface area contributed by atoms with Crippen LogP contribution >= 0.6 is 0 Å². The van der Waals surface area contributed by atoms with Gasteiger partial charge in [0.2, 0.25) is 0 Å². The number of aromatic amines is 1. The molecule has 0 radical (unpaired) electrons. The highest BCUT2D eigenvalue weighted by Crippen LogP contribution is 2.21. The molecule has 4 heteroatoms. The van der Waals surface area contributed by atoms with Crippen molar-refractivity contribution in [1.29, 1.82) is 5.26 Å². The fraction of sp³-hybridized carbons (Fsp3) is 0. The molecule has 1 aromatic heterocycles. The van der Waals surface area contributed by atoms with Gasteiger partial charge in [-0.1, -0.05) is 6.07 Å². The van der Waals surface area contributed by atoms with Crippen LogP contribution in [0.4, 0.5) is 0 Å². The summed E-state index contributed by atoms with van der Waals surface area (Å²) in [7, 11) is 0. The van der Waals surface area contributed by atoms with Gasteiger partial charge in [-0.2, -0.15) is 5.26 Å². The first-order chi connectivity index (χ1) is 6.74. The van der Waals surface area contributed by atoms with Crippen LogP contribution in [0.25, 0.3) is 10.9 Å². The van der Waals surface area contributed by atoms with E-state index >= 15 is 0 Å². The van der Waals surface area contributed by atoms with Gasteiger partial charge in [0.25, 0.3) is 0 Å². The maximum Gasteiger partial charge on any atom is 0.336 e. The zero-order valence-corrected chi connectivity index (χ0v) is 7.11. The zero-order chi connectivity index (χ0) is 10.1. The number of nitriles is 1. The van der Waals surface area contributed by atoms with Crippen molar-refractivity contribution in [2.24, 2.45) is 0 Å². The van der Waals surface area contributed by atoms with Gasteiger partial charge in [0, 0.05) is 17.1 Å². The van der Waals surface area contributed by atoms with Crippen molar-refractivity contribution in [3.05, 3.63) is 35.5 Å². The molecule has 0 aliphatic heterocycles. The Labute approximate surface area is 79.4 Å². The Morgan fingerprint density at radius 1 is 1.50 bits per heavy atom. The van der Waals surface area contributed by atoms with E-state index in [0.29, 0.717) is 16.5 Å². The molecule has 1 heterocycles. The van der Waals surface area contributed by atoms with Crippen molar-refractivity contribution in [3.63, 3.8) is 0 Å². The standard InChI is InChI=1S/C10H6N2O2/c11-4-6-5-12-8-3-1-2-7(9(6)8)10(13)14/h1-3,5,12H,(H,13,14). The van der Waals surface area contributed by atoms with E-state index < -0.39 is 5.97 Å². The maximum absolute atomic E-state index is 10.9. The highest BCUT2D eigenvalue weighted by atomic mass is 16.4. The summed E-state index contributed by atoms with van der Waals surface area (Å²) in [5, 5.41) is 18.1. The Morgan fingerprint density at radius 2 is 2.29 bits per heavy atom. The van der Waals surface area contributed by atoms with Gasteiger partial charge in [0.15, 0.2) is 0 Å². The van der Waals surface area contributed by atoms with E-state index in [1.54, 1.807) is 12.1 Å². The summed E-state index contributed by atoms with van der Waals surface area (Å²) in [5.41, 5.74) is 1.18. The molecule has 0 atom stereocenters. The first kappa shape index (κ1) is 8.32. The summed E-state index contributed by atoms with van der Waals surface area (Å²) >= 11 is 0. The van der Waals surface area contributed by atoms with E-state index in [1.165, 1.54) is 12.3 Å². The van der Waals surface area contributed by atoms with Crippen LogP contribution in [0.1, 0.15) is 15.9 Å².